The van der Waals surface area contributed by atoms with Crippen molar-refractivity contribution in [3.8, 4) is 0 Å². The number of anilines is 1. The van der Waals surface area contributed by atoms with E-state index in [0.29, 0.717) is 12.2 Å². The number of carbonyl (C=O) groups excluding carboxylic acids is 1. The van der Waals surface area contributed by atoms with E-state index >= 15 is 0 Å². The van der Waals surface area contributed by atoms with Crippen LogP contribution in [0.25, 0.3) is 0 Å². The molecule has 3 nitrogen and oxygen atoms in total. The molecule has 3 N–H and O–H groups in total. The highest BCUT2D eigenvalue weighted by Gasteiger charge is 2.06. The molecular weight excluding hydrogens is 287 g/mol. The molecule has 0 bridgehead atoms. The third-order valence-corrected chi connectivity index (χ3v) is 4.00. The van der Waals surface area contributed by atoms with Gasteiger partial charge in [0.2, 0.25) is 5.91 Å². The summed E-state index contributed by atoms with van der Waals surface area (Å²) in [7, 11) is 0. The first kappa shape index (κ1) is 15.4. The molecule has 5 heteroatoms. The van der Waals surface area contributed by atoms with Gasteiger partial charge >= 0.3 is 0 Å². The van der Waals surface area contributed by atoms with E-state index in [9.17, 15) is 9.18 Å². The molecule has 0 radical (unpaired) electrons. The lowest BCUT2D eigenvalue weighted by Gasteiger charge is -2.07. The Morgan fingerprint density at radius 3 is 2.67 bits per heavy atom. The quantitative estimate of drug-likeness (QED) is 0.637. The molecular formula is C16H17FN2OS. The molecule has 2 aromatic carbocycles. The average molecular weight is 304 g/mol. The minimum Gasteiger partial charge on any atom is -0.398 e. The van der Waals surface area contributed by atoms with Crippen LogP contribution >= 0.6 is 11.8 Å². The van der Waals surface area contributed by atoms with Crippen molar-refractivity contribution in [1.82, 2.24) is 5.32 Å². The largest absolute Gasteiger partial charge is 0.398 e. The van der Waals surface area contributed by atoms with E-state index in [1.54, 1.807) is 6.07 Å². The van der Waals surface area contributed by atoms with Gasteiger partial charge in [-0.25, -0.2) is 4.39 Å². The molecule has 0 saturated carbocycles. The van der Waals surface area contributed by atoms with Crippen molar-refractivity contribution in [2.75, 3.05) is 18.0 Å². The SMILES string of the molecule is Nc1cc(F)ccc1SCC(=O)NCCc1ccccc1. The summed E-state index contributed by atoms with van der Waals surface area (Å²) < 4.78 is 12.9. The van der Waals surface area contributed by atoms with Gasteiger partial charge in [0, 0.05) is 17.1 Å². The summed E-state index contributed by atoms with van der Waals surface area (Å²) in [5, 5.41) is 2.86. The van der Waals surface area contributed by atoms with Crippen LogP contribution in [0.3, 0.4) is 0 Å². The molecule has 0 aliphatic heterocycles. The lowest BCUT2D eigenvalue weighted by Crippen LogP contribution is -2.27. The van der Waals surface area contributed by atoms with Crippen LogP contribution in [-0.4, -0.2) is 18.2 Å². The molecule has 21 heavy (non-hydrogen) atoms. The summed E-state index contributed by atoms with van der Waals surface area (Å²) in [6.07, 6.45) is 0.802. The standard InChI is InChI=1S/C16H17FN2OS/c17-13-6-7-15(14(18)10-13)21-11-16(20)19-9-8-12-4-2-1-3-5-12/h1-7,10H,8-9,11,18H2,(H,19,20). The van der Waals surface area contributed by atoms with Crippen molar-refractivity contribution >= 4 is 23.4 Å². The number of nitrogens with two attached hydrogens (primary N) is 1. The van der Waals surface area contributed by atoms with Crippen LogP contribution in [-0.2, 0) is 11.2 Å². The molecule has 110 valence electrons. The Bertz CT molecular complexity index is 604. The summed E-state index contributed by atoms with van der Waals surface area (Å²) >= 11 is 1.31. The molecule has 0 saturated heterocycles. The Labute approximate surface area is 127 Å². The summed E-state index contributed by atoms with van der Waals surface area (Å²) in [5.74, 6) is -0.159. The predicted molar refractivity (Wildman–Crippen MR) is 84.7 cm³/mol. The van der Waals surface area contributed by atoms with Gasteiger partial charge in [0.05, 0.1) is 5.75 Å². The number of thioether (sulfide) groups is 1. The maximum Gasteiger partial charge on any atom is 0.230 e. The van der Waals surface area contributed by atoms with Crippen LogP contribution in [0, 0.1) is 5.82 Å². The highest BCUT2D eigenvalue weighted by Crippen LogP contribution is 2.25. The number of rotatable bonds is 6. The average Bonchev–Trinajstić information content (AvgIpc) is 2.47. The van der Waals surface area contributed by atoms with Crippen LogP contribution in [0.15, 0.2) is 53.4 Å². The number of benzene rings is 2. The van der Waals surface area contributed by atoms with E-state index < -0.39 is 0 Å². The number of hydrogen-bond donors (Lipinski definition) is 2. The smallest absolute Gasteiger partial charge is 0.230 e. The lowest BCUT2D eigenvalue weighted by atomic mass is 10.1. The Kier molecular flexibility index (Phi) is 5.63. The second kappa shape index (κ2) is 7.69. The number of nitrogen functional groups attached to an aromatic ring is 1. The monoisotopic (exact) mass is 304 g/mol. The molecule has 1 amide bonds. The third-order valence-electron chi connectivity index (χ3n) is 2.91. The van der Waals surface area contributed by atoms with Crippen LogP contribution < -0.4 is 11.1 Å². The zero-order chi connectivity index (χ0) is 15.1. The molecule has 0 aliphatic carbocycles. The number of hydrogen-bond acceptors (Lipinski definition) is 3. The normalized spacial score (nSPS) is 10.3. The molecule has 2 aromatic rings. The Balaban J connectivity index is 1.72. The topological polar surface area (TPSA) is 55.1 Å². The Hall–Kier alpha value is -2.01. The zero-order valence-electron chi connectivity index (χ0n) is 11.5. The number of carbonyl (C=O) groups is 1. The summed E-state index contributed by atoms with van der Waals surface area (Å²) in [5.41, 5.74) is 7.24. The van der Waals surface area contributed by atoms with Gasteiger partial charge in [-0.2, -0.15) is 0 Å². The van der Waals surface area contributed by atoms with E-state index in [1.807, 2.05) is 30.3 Å². The van der Waals surface area contributed by atoms with E-state index in [0.717, 1.165) is 11.3 Å². The van der Waals surface area contributed by atoms with E-state index in [2.05, 4.69) is 5.32 Å². The third kappa shape index (κ3) is 5.11. The van der Waals surface area contributed by atoms with Gasteiger partial charge in [0.25, 0.3) is 0 Å². The molecule has 2 rings (SSSR count). The van der Waals surface area contributed by atoms with Crippen molar-refractivity contribution in [3.05, 3.63) is 59.9 Å². The van der Waals surface area contributed by atoms with Crippen molar-refractivity contribution in [2.24, 2.45) is 0 Å². The van der Waals surface area contributed by atoms with Gasteiger partial charge < -0.3 is 11.1 Å². The van der Waals surface area contributed by atoms with Gasteiger partial charge in [-0.1, -0.05) is 30.3 Å². The molecule has 0 aromatic heterocycles. The van der Waals surface area contributed by atoms with E-state index in [-0.39, 0.29) is 17.5 Å². The Morgan fingerprint density at radius 2 is 1.95 bits per heavy atom. The van der Waals surface area contributed by atoms with Gasteiger partial charge in [0.1, 0.15) is 5.82 Å². The maximum absolute atomic E-state index is 12.9. The minimum absolute atomic E-state index is 0.0559. The highest BCUT2D eigenvalue weighted by molar-refractivity contribution is 8.00. The van der Waals surface area contributed by atoms with Crippen LogP contribution in [0.2, 0.25) is 0 Å². The van der Waals surface area contributed by atoms with E-state index in [4.69, 9.17) is 5.73 Å². The van der Waals surface area contributed by atoms with E-state index in [1.165, 1.54) is 29.5 Å². The number of halogens is 1. The second-order valence-electron chi connectivity index (χ2n) is 4.56. The van der Waals surface area contributed by atoms with Crippen molar-refractivity contribution in [2.45, 2.75) is 11.3 Å². The maximum atomic E-state index is 12.9. The first-order valence-corrected chi connectivity index (χ1v) is 7.62. The fraction of sp³-hybridized carbons (Fsp3) is 0.188. The molecule has 0 fully saturated rings. The fourth-order valence-corrected chi connectivity index (χ4v) is 2.61. The van der Waals surface area contributed by atoms with Crippen LogP contribution in [0.4, 0.5) is 10.1 Å². The summed E-state index contributed by atoms with van der Waals surface area (Å²) in [6, 6.07) is 14.2. The first-order chi connectivity index (χ1) is 10.1. The van der Waals surface area contributed by atoms with Crippen molar-refractivity contribution in [1.29, 1.82) is 0 Å². The summed E-state index contributed by atoms with van der Waals surface area (Å²) in [4.78, 5) is 12.5. The van der Waals surface area contributed by atoms with Gasteiger partial charge in [-0.3, -0.25) is 4.79 Å². The van der Waals surface area contributed by atoms with Gasteiger partial charge in [-0.05, 0) is 30.2 Å². The minimum atomic E-state index is -0.371. The van der Waals surface area contributed by atoms with Crippen LogP contribution in [0.5, 0.6) is 0 Å². The summed E-state index contributed by atoms with van der Waals surface area (Å²) in [6.45, 7) is 0.600. The first-order valence-electron chi connectivity index (χ1n) is 6.63. The fourth-order valence-electron chi connectivity index (χ4n) is 1.84. The molecule has 0 unspecified atom stereocenters. The molecule has 0 atom stereocenters. The number of amides is 1. The highest BCUT2D eigenvalue weighted by atomic mass is 32.2. The predicted octanol–water partition coefficient (Wildman–Crippen LogP) is 2.86. The zero-order valence-corrected chi connectivity index (χ0v) is 12.3. The van der Waals surface area contributed by atoms with Crippen LogP contribution in [0.1, 0.15) is 5.56 Å². The van der Waals surface area contributed by atoms with Gasteiger partial charge in [-0.15, -0.1) is 11.8 Å². The molecule has 0 aliphatic rings. The number of nitrogens with one attached hydrogen (secondary N) is 1. The molecule has 0 heterocycles. The molecule has 0 spiro atoms. The van der Waals surface area contributed by atoms with Crippen molar-refractivity contribution < 1.29 is 9.18 Å². The Morgan fingerprint density at radius 1 is 1.19 bits per heavy atom. The lowest BCUT2D eigenvalue weighted by molar-refractivity contribution is -0.118. The van der Waals surface area contributed by atoms with Crippen molar-refractivity contribution in [3.63, 3.8) is 0 Å². The second-order valence-corrected chi connectivity index (χ2v) is 5.57. The van der Waals surface area contributed by atoms with Gasteiger partial charge in [0.15, 0.2) is 0 Å².